The molecule has 1 saturated heterocycles. The summed E-state index contributed by atoms with van der Waals surface area (Å²) in [5.41, 5.74) is 0.393. The van der Waals surface area contributed by atoms with E-state index in [0.29, 0.717) is 5.82 Å². The van der Waals surface area contributed by atoms with Crippen LogP contribution >= 0.6 is 0 Å². The average Bonchev–Trinajstić information content (AvgIpc) is 3.14. The van der Waals surface area contributed by atoms with Crippen LogP contribution in [0.5, 0.6) is 0 Å². The van der Waals surface area contributed by atoms with Crippen LogP contribution in [-0.2, 0) is 19.6 Å². The van der Waals surface area contributed by atoms with Crippen molar-refractivity contribution >= 4 is 0 Å². The normalized spacial score (nSPS) is 20.1. The van der Waals surface area contributed by atoms with E-state index in [2.05, 4.69) is 20.0 Å². The van der Waals surface area contributed by atoms with Crippen molar-refractivity contribution in [1.82, 2.24) is 24.6 Å². The SMILES string of the molecule is Cn1nccc1CCN1CCC[C@@H](c2ncc(C(F)(F)F)[nH]2)C1. The molecule has 2 aromatic heterocycles. The predicted octanol–water partition coefficient (Wildman–Crippen LogP) is 2.58. The third-order valence-corrected chi connectivity index (χ3v) is 4.40. The van der Waals surface area contributed by atoms with Crippen molar-refractivity contribution in [3.05, 3.63) is 35.7 Å². The summed E-state index contributed by atoms with van der Waals surface area (Å²) >= 11 is 0. The number of likely N-dealkylation sites (tertiary alicyclic amines) is 1. The molecule has 5 nitrogen and oxygen atoms in total. The van der Waals surface area contributed by atoms with Gasteiger partial charge in [-0.15, -0.1) is 0 Å². The fourth-order valence-corrected chi connectivity index (χ4v) is 3.09. The minimum absolute atomic E-state index is 0.0337. The first-order valence-electron chi connectivity index (χ1n) is 7.75. The molecule has 1 N–H and O–H groups in total. The second kappa shape index (κ2) is 6.35. The lowest BCUT2D eigenvalue weighted by molar-refractivity contribution is -0.141. The zero-order chi connectivity index (χ0) is 16.4. The maximum atomic E-state index is 12.7. The molecule has 126 valence electrons. The molecule has 0 aliphatic carbocycles. The fourth-order valence-electron chi connectivity index (χ4n) is 3.09. The topological polar surface area (TPSA) is 49.7 Å². The molecule has 0 amide bonds. The van der Waals surface area contributed by atoms with E-state index in [9.17, 15) is 13.2 Å². The van der Waals surface area contributed by atoms with E-state index in [4.69, 9.17) is 0 Å². The monoisotopic (exact) mass is 327 g/mol. The maximum Gasteiger partial charge on any atom is 0.432 e. The second-order valence-electron chi connectivity index (χ2n) is 6.02. The lowest BCUT2D eigenvalue weighted by atomic mass is 9.97. The van der Waals surface area contributed by atoms with Gasteiger partial charge >= 0.3 is 6.18 Å². The second-order valence-corrected chi connectivity index (χ2v) is 6.02. The number of piperidine rings is 1. The Bertz CT molecular complexity index is 646. The number of aromatic nitrogens is 4. The Labute approximate surface area is 132 Å². The minimum atomic E-state index is -4.36. The van der Waals surface area contributed by atoms with Gasteiger partial charge in [0, 0.05) is 44.4 Å². The molecule has 0 radical (unpaired) electrons. The summed E-state index contributed by atoms with van der Waals surface area (Å²) in [6.45, 7) is 2.59. The number of alkyl halides is 3. The summed E-state index contributed by atoms with van der Waals surface area (Å²) in [5, 5.41) is 4.15. The average molecular weight is 327 g/mol. The number of halogens is 3. The van der Waals surface area contributed by atoms with E-state index >= 15 is 0 Å². The van der Waals surface area contributed by atoms with Gasteiger partial charge in [-0.2, -0.15) is 18.3 Å². The quantitative estimate of drug-likeness (QED) is 0.939. The molecule has 0 aromatic carbocycles. The van der Waals surface area contributed by atoms with Crippen LogP contribution in [0.15, 0.2) is 18.5 Å². The Hall–Kier alpha value is -1.83. The van der Waals surface area contributed by atoms with Crippen molar-refractivity contribution in [3.8, 4) is 0 Å². The van der Waals surface area contributed by atoms with Gasteiger partial charge in [0.25, 0.3) is 0 Å². The van der Waals surface area contributed by atoms with Crippen LogP contribution in [0.2, 0.25) is 0 Å². The van der Waals surface area contributed by atoms with E-state index < -0.39 is 11.9 Å². The molecule has 3 heterocycles. The Morgan fingerprint density at radius 2 is 2.22 bits per heavy atom. The fraction of sp³-hybridized carbons (Fsp3) is 0.600. The minimum Gasteiger partial charge on any atom is -0.338 e. The van der Waals surface area contributed by atoms with Crippen molar-refractivity contribution in [3.63, 3.8) is 0 Å². The lowest BCUT2D eigenvalue weighted by Crippen LogP contribution is -2.36. The summed E-state index contributed by atoms with van der Waals surface area (Å²) in [6, 6.07) is 1.99. The van der Waals surface area contributed by atoms with E-state index in [-0.39, 0.29) is 5.92 Å². The van der Waals surface area contributed by atoms with Crippen molar-refractivity contribution < 1.29 is 13.2 Å². The Kier molecular flexibility index (Phi) is 4.43. The number of nitrogens with one attached hydrogen (secondary N) is 1. The Morgan fingerprint density at radius 1 is 1.39 bits per heavy atom. The number of H-pyrrole nitrogens is 1. The van der Waals surface area contributed by atoms with E-state index in [0.717, 1.165) is 50.8 Å². The number of hydrogen-bond acceptors (Lipinski definition) is 3. The molecule has 8 heteroatoms. The highest BCUT2D eigenvalue weighted by Gasteiger charge is 2.34. The number of nitrogens with zero attached hydrogens (tertiary/aromatic N) is 4. The molecular weight excluding hydrogens is 307 g/mol. The number of hydrogen-bond donors (Lipinski definition) is 1. The van der Waals surface area contributed by atoms with Crippen LogP contribution in [0, 0.1) is 0 Å². The largest absolute Gasteiger partial charge is 0.432 e. The van der Waals surface area contributed by atoms with Crippen molar-refractivity contribution in [2.24, 2.45) is 7.05 Å². The van der Waals surface area contributed by atoms with Gasteiger partial charge in [0.05, 0.1) is 6.20 Å². The molecule has 0 unspecified atom stereocenters. The summed E-state index contributed by atoms with van der Waals surface area (Å²) in [4.78, 5) is 8.68. The molecule has 0 spiro atoms. The van der Waals surface area contributed by atoms with Crippen LogP contribution in [0.25, 0.3) is 0 Å². The Balaban J connectivity index is 1.60. The molecule has 1 fully saturated rings. The number of aromatic amines is 1. The van der Waals surface area contributed by atoms with Crippen LogP contribution < -0.4 is 0 Å². The van der Waals surface area contributed by atoms with Crippen LogP contribution in [0.1, 0.15) is 36.0 Å². The van der Waals surface area contributed by atoms with Gasteiger partial charge in [-0.05, 0) is 25.5 Å². The van der Waals surface area contributed by atoms with Crippen molar-refractivity contribution in [2.45, 2.75) is 31.4 Å². The summed E-state index contributed by atoms with van der Waals surface area (Å²) in [6.07, 6.45) is 1.03. The smallest absolute Gasteiger partial charge is 0.338 e. The number of rotatable bonds is 4. The molecular formula is C15H20F3N5. The first-order chi connectivity index (χ1) is 10.9. The van der Waals surface area contributed by atoms with Crippen LogP contribution in [0.4, 0.5) is 13.2 Å². The molecule has 1 aliphatic heterocycles. The molecule has 3 rings (SSSR count). The molecule has 0 saturated carbocycles. The zero-order valence-corrected chi connectivity index (χ0v) is 13.0. The summed E-state index contributed by atoms with van der Waals surface area (Å²) in [7, 11) is 1.91. The molecule has 1 aliphatic rings. The van der Waals surface area contributed by atoms with Gasteiger partial charge in [-0.3, -0.25) is 4.68 Å². The van der Waals surface area contributed by atoms with E-state index in [1.165, 1.54) is 0 Å². The molecule has 0 bridgehead atoms. The van der Waals surface area contributed by atoms with Gasteiger partial charge in [-0.1, -0.05) is 0 Å². The highest BCUT2D eigenvalue weighted by Crippen LogP contribution is 2.30. The van der Waals surface area contributed by atoms with Crippen molar-refractivity contribution in [2.75, 3.05) is 19.6 Å². The van der Waals surface area contributed by atoms with Crippen LogP contribution in [0.3, 0.4) is 0 Å². The Morgan fingerprint density at radius 3 is 2.87 bits per heavy atom. The highest BCUT2D eigenvalue weighted by atomic mass is 19.4. The van der Waals surface area contributed by atoms with Gasteiger partial charge in [0.1, 0.15) is 11.5 Å². The molecule has 2 aromatic rings. The van der Waals surface area contributed by atoms with Gasteiger partial charge in [-0.25, -0.2) is 4.98 Å². The first-order valence-corrected chi connectivity index (χ1v) is 7.75. The number of imidazole rings is 1. The van der Waals surface area contributed by atoms with Crippen LogP contribution in [-0.4, -0.2) is 44.3 Å². The predicted molar refractivity (Wildman–Crippen MR) is 78.9 cm³/mol. The third-order valence-electron chi connectivity index (χ3n) is 4.40. The van der Waals surface area contributed by atoms with Crippen molar-refractivity contribution in [1.29, 1.82) is 0 Å². The third kappa shape index (κ3) is 3.74. The van der Waals surface area contributed by atoms with E-state index in [1.54, 1.807) is 6.20 Å². The van der Waals surface area contributed by atoms with E-state index in [1.807, 2.05) is 17.8 Å². The highest BCUT2D eigenvalue weighted by molar-refractivity contribution is 5.10. The summed E-state index contributed by atoms with van der Waals surface area (Å²) in [5.74, 6) is 0.481. The maximum absolute atomic E-state index is 12.7. The van der Waals surface area contributed by atoms with Gasteiger partial charge in [0.15, 0.2) is 0 Å². The number of aryl methyl sites for hydroxylation is 1. The molecule has 1 atom stereocenters. The standard InChI is InChI=1S/C15H20F3N5/c1-22-12(4-6-20-22)5-8-23-7-2-3-11(10-23)14-19-9-13(21-14)15(16,17)18/h4,6,9,11H,2-3,5,7-8,10H2,1H3,(H,19,21)/t11-/m1/s1. The lowest BCUT2D eigenvalue weighted by Gasteiger charge is -2.31. The first kappa shape index (κ1) is 16.0. The summed E-state index contributed by atoms with van der Waals surface area (Å²) < 4.78 is 39.9. The van der Waals surface area contributed by atoms with Gasteiger partial charge in [0.2, 0.25) is 0 Å². The zero-order valence-electron chi connectivity index (χ0n) is 13.0. The molecule has 23 heavy (non-hydrogen) atoms. The van der Waals surface area contributed by atoms with Gasteiger partial charge < -0.3 is 9.88 Å².